The summed E-state index contributed by atoms with van der Waals surface area (Å²) in [6.07, 6.45) is 1.25. The highest BCUT2D eigenvalue weighted by atomic mass is 16.5. The molecule has 0 spiro atoms. The quantitative estimate of drug-likeness (QED) is 0.775. The number of ether oxygens (including phenoxy) is 1. The minimum absolute atomic E-state index is 0.118. The third kappa shape index (κ3) is 5.36. The third-order valence-electron chi connectivity index (χ3n) is 2.46. The summed E-state index contributed by atoms with van der Waals surface area (Å²) < 4.78 is 5.51. The van der Waals surface area contributed by atoms with Gasteiger partial charge in [0.05, 0.1) is 6.54 Å². The minimum Gasteiger partial charge on any atom is -0.492 e. The van der Waals surface area contributed by atoms with Gasteiger partial charge in [-0.2, -0.15) is 0 Å². The highest BCUT2D eigenvalue weighted by Gasteiger charge is 2.07. The van der Waals surface area contributed by atoms with Crippen LogP contribution in [0.4, 0.5) is 0 Å². The van der Waals surface area contributed by atoms with Gasteiger partial charge in [0.2, 0.25) is 5.91 Å². The number of nitrogens with zero attached hydrogens (tertiary/aromatic N) is 1. The summed E-state index contributed by atoms with van der Waals surface area (Å²) in [5.41, 5.74) is 5.36. The Morgan fingerprint density at radius 3 is 2.71 bits per heavy atom. The summed E-state index contributed by atoms with van der Waals surface area (Å²) in [5.74, 6) is 0.947. The Morgan fingerprint density at radius 2 is 2.06 bits per heavy atom. The van der Waals surface area contributed by atoms with Gasteiger partial charge in [-0.1, -0.05) is 18.2 Å². The number of carbonyl (C=O) groups excluding carboxylic acids is 1. The molecular weight excluding hydrogens is 216 g/mol. The van der Waals surface area contributed by atoms with E-state index in [1.807, 2.05) is 30.3 Å². The number of nitrogens with two attached hydrogens (primary N) is 1. The van der Waals surface area contributed by atoms with E-state index in [1.165, 1.54) is 0 Å². The number of hydrogen-bond acceptors (Lipinski definition) is 3. The Morgan fingerprint density at radius 1 is 1.35 bits per heavy atom. The Bertz CT molecular complexity index is 327. The molecule has 94 valence electrons. The fourth-order valence-corrected chi connectivity index (χ4v) is 1.39. The molecule has 0 saturated heterocycles. The van der Waals surface area contributed by atoms with Crippen LogP contribution >= 0.6 is 0 Å². The van der Waals surface area contributed by atoms with Crippen molar-refractivity contribution in [1.29, 1.82) is 0 Å². The molecule has 4 heteroatoms. The average molecular weight is 236 g/mol. The summed E-state index contributed by atoms with van der Waals surface area (Å²) in [5, 5.41) is 0. The Balaban J connectivity index is 2.20. The summed E-state index contributed by atoms with van der Waals surface area (Å²) in [4.78, 5) is 13.2. The van der Waals surface area contributed by atoms with Gasteiger partial charge in [0, 0.05) is 13.5 Å². The van der Waals surface area contributed by atoms with Crippen molar-refractivity contribution in [2.75, 3.05) is 26.7 Å². The lowest BCUT2D eigenvalue weighted by atomic mass is 10.3. The summed E-state index contributed by atoms with van der Waals surface area (Å²) in [6, 6.07) is 9.58. The number of rotatable bonds is 7. The lowest BCUT2D eigenvalue weighted by Gasteiger charge is -2.17. The van der Waals surface area contributed by atoms with Crippen LogP contribution in [0.3, 0.4) is 0 Å². The highest BCUT2D eigenvalue weighted by Crippen LogP contribution is 2.07. The van der Waals surface area contributed by atoms with E-state index in [0.29, 0.717) is 26.1 Å². The second kappa shape index (κ2) is 7.68. The molecule has 0 radical (unpaired) electrons. The second-order valence-corrected chi connectivity index (χ2v) is 3.87. The van der Waals surface area contributed by atoms with E-state index >= 15 is 0 Å². The van der Waals surface area contributed by atoms with Gasteiger partial charge in [-0.3, -0.25) is 4.79 Å². The van der Waals surface area contributed by atoms with E-state index in [1.54, 1.807) is 11.9 Å². The molecule has 0 saturated carbocycles. The lowest BCUT2D eigenvalue weighted by Crippen LogP contribution is -2.31. The average Bonchev–Trinajstić information content (AvgIpc) is 2.37. The first-order valence-electron chi connectivity index (χ1n) is 5.86. The first-order chi connectivity index (χ1) is 8.24. The summed E-state index contributed by atoms with van der Waals surface area (Å²) in [6.45, 7) is 1.66. The standard InChI is InChI=1S/C13H20N2O2/c1-15(13(16)8-5-9-14)10-11-17-12-6-3-2-4-7-12/h2-4,6-7H,5,8-11,14H2,1H3. The molecular formula is C13H20N2O2. The maximum absolute atomic E-state index is 11.6. The smallest absolute Gasteiger partial charge is 0.222 e. The molecule has 0 aliphatic carbocycles. The Kier molecular flexibility index (Phi) is 6.10. The predicted molar refractivity (Wildman–Crippen MR) is 67.9 cm³/mol. The topological polar surface area (TPSA) is 55.6 Å². The molecule has 2 N–H and O–H groups in total. The van der Waals surface area contributed by atoms with Crippen molar-refractivity contribution in [3.05, 3.63) is 30.3 Å². The van der Waals surface area contributed by atoms with E-state index in [4.69, 9.17) is 10.5 Å². The largest absolute Gasteiger partial charge is 0.492 e. The molecule has 0 aliphatic heterocycles. The van der Waals surface area contributed by atoms with Crippen LogP contribution in [-0.4, -0.2) is 37.6 Å². The molecule has 1 amide bonds. The van der Waals surface area contributed by atoms with Gasteiger partial charge in [-0.25, -0.2) is 0 Å². The van der Waals surface area contributed by atoms with Gasteiger partial charge in [0.15, 0.2) is 0 Å². The van der Waals surface area contributed by atoms with E-state index < -0.39 is 0 Å². The molecule has 1 aromatic rings. The van der Waals surface area contributed by atoms with Crippen LogP contribution in [0, 0.1) is 0 Å². The van der Waals surface area contributed by atoms with Crippen LogP contribution < -0.4 is 10.5 Å². The van der Waals surface area contributed by atoms with Crippen molar-refractivity contribution >= 4 is 5.91 Å². The number of para-hydroxylation sites is 1. The zero-order valence-electron chi connectivity index (χ0n) is 10.3. The van der Waals surface area contributed by atoms with Gasteiger partial charge in [0.25, 0.3) is 0 Å². The van der Waals surface area contributed by atoms with Gasteiger partial charge in [-0.05, 0) is 25.1 Å². The maximum Gasteiger partial charge on any atom is 0.222 e. The molecule has 1 rings (SSSR count). The van der Waals surface area contributed by atoms with Crippen molar-refractivity contribution in [3.8, 4) is 5.75 Å². The van der Waals surface area contributed by atoms with Crippen LogP contribution in [0.15, 0.2) is 30.3 Å². The van der Waals surface area contributed by atoms with Crippen LogP contribution in [0.25, 0.3) is 0 Å². The first-order valence-corrected chi connectivity index (χ1v) is 5.86. The second-order valence-electron chi connectivity index (χ2n) is 3.87. The van der Waals surface area contributed by atoms with Crippen molar-refractivity contribution in [1.82, 2.24) is 4.90 Å². The predicted octanol–water partition coefficient (Wildman–Crippen LogP) is 1.26. The molecule has 0 atom stereocenters. The number of amides is 1. The number of carbonyl (C=O) groups is 1. The maximum atomic E-state index is 11.6. The number of hydrogen-bond donors (Lipinski definition) is 1. The highest BCUT2D eigenvalue weighted by molar-refractivity contribution is 5.75. The van der Waals surface area contributed by atoms with Gasteiger partial charge in [0.1, 0.15) is 12.4 Å². The van der Waals surface area contributed by atoms with Crippen LogP contribution in [0.1, 0.15) is 12.8 Å². The molecule has 0 bridgehead atoms. The normalized spacial score (nSPS) is 10.0. The molecule has 17 heavy (non-hydrogen) atoms. The van der Waals surface area contributed by atoms with E-state index in [2.05, 4.69) is 0 Å². The fourth-order valence-electron chi connectivity index (χ4n) is 1.39. The van der Waals surface area contributed by atoms with Crippen molar-refractivity contribution in [3.63, 3.8) is 0 Å². The van der Waals surface area contributed by atoms with Crippen molar-refractivity contribution in [2.24, 2.45) is 5.73 Å². The van der Waals surface area contributed by atoms with E-state index in [9.17, 15) is 4.79 Å². The fraction of sp³-hybridized carbons (Fsp3) is 0.462. The zero-order valence-corrected chi connectivity index (χ0v) is 10.3. The monoisotopic (exact) mass is 236 g/mol. The first kappa shape index (κ1) is 13.5. The molecule has 0 fully saturated rings. The van der Waals surface area contributed by atoms with Crippen LogP contribution in [-0.2, 0) is 4.79 Å². The van der Waals surface area contributed by atoms with Gasteiger partial charge in [-0.15, -0.1) is 0 Å². The number of benzene rings is 1. The summed E-state index contributed by atoms with van der Waals surface area (Å²) in [7, 11) is 1.78. The van der Waals surface area contributed by atoms with Crippen molar-refractivity contribution in [2.45, 2.75) is 12.8 Å². The third-order valence-corrected chi connectivity index (χ3v) is 2.46. The molecule has 0 aliphatic rings. The lowest BCUT2D eigenvalue weighted by molar-refractivity contribution is -0.130. The van der Waals surface area contributed by atoms with E-state index in [-0.39, 0.29) is 5.91 Å². The minimum atomic E-state index is 0.118. The Hall–Kier alpha value is -1.55. The SMILES string of the molecule is CN(CCOc1ccccc1)C(=O)CCCN. The van der Waals surface area contributed by atoms with Gasteiger partial charge >= 0.3 is 0 Å². The van der Waals surface area contributed by atoms with Crippen molar-refractivity contribution < 1.29 is 9.53 Å². The van der Waals surface area contributed by atoms with Crippen LogP contribution in [0.2, 0.25) is 0 Å². The zero-order chi connectivity index (χ0) is 12.5. The summed E-state index contributed by atoms with van der Waals surface area (Å²) >= 11 is 0. The van der Waals surface area contributed by atoms with Gasteiger partial charge < -0.3 is 15.4 Å². The molecule has 1 aromatic carbocycles. The molecule has 0 aromatic heterocycles. The number of likely N-dealkylation sites (N-methyl/N-ethyl adjacent to an activating group) is 1. The molecule has 4 nitrogen and oxygen atoms in total. The molecule has 0 heterocycles. The van der Waals surface area contributed by atoms with Crippen LogP contribution in [0.5, 0.6) is 5.75 Å². The Labute approximate surface area is 102 Å². The molecule has 0 unspecified atom stereocenters. The van der Waals surface area contributed by atoms with E-state index in [0.717, 1.165) is 12.2 Å².